The van der Waals surface area contributed by atoms with Gasteiger partial charge in [0, 0.05) is 11.7 Å². The zero-order valence-corrected chi connectivity index (χ0v) is 16.6. The van der Waals surface area contributed by atoms with Gasteiger partial charge >= 0.3 is 0 Å². The monoisotopic (exact) mass is 382 g/mol. The molecular weight excluding hydrogens is 356 g/mol. The van der Waals surface area contributed by atoms with Crippen LogP contribution in [0.2, 0.25) is 0 Å². The van der Waals surface area contributed by atoms with Crippen LogP contribution in [0.15, 0.2) is 36.4 Å². The van der Waals surface area contributed by atoms with E-state index in [4.69, 9.17) is 4.74 Å². The van der Waals surface area contributed by atoms with Crippen LogP contribution in [0.1, 0.15) is 54.6 Å². The zero-order valence-electron chi connectivity index (χ0n) is 16.6. The van der Waals surface area contributed by atoms with E-state index in [2.05, 4.69) is 6.92 Å². The summed E-state index contributed by atoms with van der Waals surface area (Å²) in [4.78, 5) is 26.3. The number of unbranched alkanes of at least 4 members (excludes halogenated alkanes) is 1. The molecule has 0 bridgehead atoms. The van der Waals surface area contributed by atoms with Crippen LogP contribution >= 0.6 is 0 Å². The van der Waals surface area contributed by atoms with E-state index >= 15 is 0 Å². The average molecular weight is 382 g/mol. The van der Waals surface area contributed by atoms with Gasteiger partial charge in [-0.15, -0.1) is 0 Å². The maximum atomic E-state index is 13.4. The van der Waals surface area contributed by atoms with Crippen molar-refractivity contribution in [1.82, 2.24) is 0 Å². The van der Waals surface area contributed by atoms with Gasteiger partial charge in [0.25, 0.3) is 11.6 Å². The molecule has 0 N–H and O–H groups in total. The van der Waals surface area contributed by atoms with Crippen molar-refractivity contribution in [1.29, 1.82) is 0 Å². The predicted octanol–water partition coefficient (Wildman–Crippen LogP) is 5.06. The molecule has 1 heterocycles. The molecule has 0 aliphatic carbocycles. The number of hydrogen-bond donors (Lipinski definition) is 0. The molecule has 1 aliphatic heterocycles. The van der Waals surface area contributed by atoms with Gasteiger partial charge in [-0.3, -0.25) is 14.9 Å². The van der Waals surface area contributed by atoms with Crippen molar-refractivity contribution < 1.29 is 14.5 Å². The summed E-state index contributed by atoms with van der Waals surface area (Å²) in [5.41, 5.74) is 2.57. The van der Waals surface area contributed by atoms with E-state index in [-0.39, 0.29) is 23.2 Å². The first-order valence-corrected chi connectivity index (χ1v) is 9.81. The Hall–Kier alpha value is -2.89. The molecule has 6 nitrogen and oxygen atoms in total. The summed E-state index contributed by atoms with van der Waals surface area (Å²) in [6.45, 7) is 6.40. The molecule has 0 saturated carbocycles. The first-order chi connectivity index (χ1) is 13.5. The number of benzene rings is 2. The molecule has 6 heteroatoms. The minimum atomic E-state index is -0.498. The third-order valence-corrected chi connectivity index (χ3v) is 5.24. The summed E-state index contributed by atoms with van der Waals surface area (Å²) in [5.74, 6) is 0.136. The van der Waals surface area contributed by atoms with Crippen LogP contribution in [-0.2, 0) is 6.42 Å². The minimum absolute atomic E-state index is 0.00490. The Labute approximate surface area is 165 Å². The standard InChI is InChI=1S/C22H26N2O4/c1-4-6-11-28-21-14-20(24(26)27)18(12-15(21)3)22(25)23-17(5-2)13-16-9-7-8-10-19(16)23/h7-10,12,14,17H,4-6,11,13H2,1-3H3/t17-/m1/s1. The maximum absolute atomic E-state index is 13.4. The zero-order chi connectivity index (χ0) is 20.3. The second-order valence-electron chi connectivity index (χ2n) is 7.16. The average Bonchev–Trinajstić information content (AvgIpc) is 3.07. The molecule has 28 heavy (non-hydrogen) atoms. The number of amides is 1. The van der Waals surface area contributed by atoms with E-state index in [0.717, 1.165) is 42.5 Å². The first-order valence-electron chi connectivity index (χ1n) is 9.81. The van der Waals surface area contributed by atoms with Crippen LogP contribution in [0.5, 0.6) is 5.75 Å². The normalized spacial score (nSPS) is 15.4. The largest absolute Gasteiger partial charge is 0.493 e. The summed E-state index contributed by atoms with van der Waals surface area (Å²) >= 11 is 0. The number of nitro groups is 1. The first kappa shape index (κ1) is 19.9. The van der Waals surface area contributed by atoms with E-state index in [1.807, 2.05) is 38.1 Å². The number of anilines is 1. The van der Waals surface area contributed by atoms with E-state index in [1.165, 1.54) is 6.07 Å². The minimum Gasteiger partial charge on any atom is -0.493 e. The van der Waals surface area contributed by atoms with E-state index in [9.17, 15) is 14.9 Å². The highest BCUT2D eigenvalue weighted by atomic mass is 16.6. The van der Waals surface area contributed by atoms with Gasteiger partial charge < -0.3 is 9.64 Å². The number of aryl methyl sites for hydroxylation is 1. The fourth-order valence-electron chi connectivity index (χ4n) is 3.67. The number of nitro benzene ring substituents is 1. The van der Waals surface area contributed by atoms with E-state index < -0.39 is 4.92 Å². The van der Waals surface area contributed by atoms with Crippen molar-refractivity contribution in [3.8, 4) is 5.75 Å². The van der Waals surface area contributed by atoms with Crippen LogP contribution in [0, 0.1) is 17.0 Å². The highest BCUT2D eigenvalue weighted by Crippen LogP contribution is 2.37. The highest BCUT2D eigenvalue weighted by molar-refractivity contribution is 6.10. The van der Waals surface area contributed by atoms with E-state index in [0.29, 0.717) is 12.4 Å². The number of rotatable bonds is 7. The Morgan fingerprint density at radius 2 is 2.04 bits per heavy atom. The second kappa shape index (κ2) is 8.42. The third kappa shape index (κ3) is 3.72. The number of carbonyl (C=O) groups is 1. The number of nitrogens with zero attached hydrogens (tertiary/aromatic N) is 2. The lowest BCUT2D eigenvalue weighted by atomic mass is 10.1. The molecule has 1 aliphatic rings. The molecule has 2 aromatic rings. The molecule has 0 radical (unpaired) electrons. The molecule has 0 fully saturated rings. The maximum Gasteiger partial charge on any atom is 0.285 e. The van der Waals surface area contributed by atoms with Gasteiger partial charge in [-0.05, 0) is 49.4 Å². The van der Waals surface area contributed by atoms with Crippen LogP contribution in [0.3, 0.4) is 0 Å². The Balaban J connectivity index is 2.01. The molecule has 1 atom stereocenters. The molecule has 3 rings (SSSR count). The number of fused-ring (bicyclic) bond motifs is 1. The van der Waals surface area contributed by atoms with Gasteiger partial charge in [0.1, 0.15) is 11.3 Å². The molecule has 148 valence electrons. The van der Waals surface area contributed by atoms with Gasteiger partial charge in [0.15, 0.2) is 0 Å². The number of para-hydroxylation sites is 1. The summed E-state index contributed by atoms with van der Waals surface area (Å²) in [5, 5.41) is 11.7. The molecule has 1 amide bonds. The van der Waals surface area contributed by atoms with Crippen LogP contribution in [0.4, 0.5) is 11.4 Å². The SMILES string of the molecule is CCCCOc1cc([N+](=O)[O-])c(C(=O)N2c3ccccc3C[C@H]2CC)cc1C. The molecule has 0 aromatic heterocycles. The van der Waals surface area contributed by atoms with Gasteiger partial charge in [-0.25, -0.2) is 0 Å². The van der Waals surface area contributed by atoms with Gasteiger partial charge in [0.05, 0.1) is 17.6 Å². The summed E-state index contributed by atoms with van der Waals surface area (Å²) in [6.07, 6.45) is 3.40. The molecule has 0 saturated heterocycles. The number of hydrogen-bond acceptors (Lipinski definition) is 4. The topological polar surface area (TPSA) is 72.7 Å². The number of ether oxygens (including phenoxy) is 1. The molecule has 0 spiro atoms. The quantitative estimate of drug-likeness (QED) is 0.381. The van der Waals surface area contributed by atoms with Crippen molar-refractivity contribution in [3.63, 3.8) is 0 Å². The Bertz CT molecular complexity index is 894. The van der Waals surface area contributed by atoms with E-state index in [1.54, 1.807) is 11.0 Å². The lowest BCUT2D eigenvalue weighted by Crippen LogP contribution is -2.37. The lowest BCUT2D eigenvalue weighted by molar-refractivity contribution is -0.385. The van der Waals surface area contributed by atoms with Crippen molar-refractivity contribution in [3.05, 3.63) is 63.2 Å². The Morgan fingerprint density at radius 3 is 2.71 bits per heavy atom. The highest BCUT2D eigenvalue weighted by Gasteiger charge is 2.36. The van der Waals surface area contributed by atoms with Crippen LogP contribution < -0.4 is 9.64 Å². The third-order valence-electron chi connectivity index (χ3n) is 5.24. The van der Waals surface area contributed by atoms with Crippen LogP contribution in [0.25, 0.3) is 0 Å². The van der Waals surface area contributed by atoms with Crippen LogP contribution in [-0.4, -0.2) is 23.5 Å². The number of carbonyl (C=O) groups excluding carboxylic acids is 1. The predicted molar refractivity (Wildman–Crippen MR) is 109 cm³/mol. The van der Waals surface area contributed by atoms with Crippen molar-refractivity contribution in [2.75, 3.05) is 11.5 Å². The lowest BCUT2D eigenvalue weighted by Gasteiger charge is -2.25. The molecule has 2 aromatic carbocycles. The molecular formula is C22H26N2O4. The Kier molecular flexibility index (Phi) is 5.97. The summed E-state index contributed by atoms with van der Waals surface area (Å²) in [7, 11) is 0. The van der Waals surface area contributed by atoms with Gasteiger partial charge in [-0.1, -0.05) is 38.5 Å². The summed E-state index contributed by atoms with van der Waals surface area (Å²) < 4.78 is 5.70. The van der Waals surface area contributed by atoms with Gasteiger partial charge in [0.2, 0.25) is 0 Å². The smallest absolute Gasteiger partial charge is 0.285 e. The van der Waals surface area contributed by atoms with Gasteiger partial charge in [-0.2, -0.15) is 0 Å². The van der Waals surface area contributed by atoms with Crippen molar-refractivity contribution >= 4 is 17.3 Å². The fourth-order valence-corrected chi connectivity index (χ4v) is 3.67. The molecule has 0 unspecified atom stereocenters. The summed E-state index contributed by atoms with van der Waals surface area (Å²) in [6, 6.07) is 10.7. The Morgan fingerprint density at radius 1 is 1.29 bits per heavy atom. The second-order valence-corrected chi connectivity index (χ2v) is 7.16. The fraction of sp³-hybridized carbons (Fsp3) is 0.409. The van der Waals surface area contributed by atoms with Crippen molar-refractivity contribution in [2.24, 2.45) is 0 Å². The van der Waals surface area contributed by atoms with Crippen molar-refractivity contribution in [2.45, 2.75) is 52.5 Å².